The van der Waals surface area contributed by atoms with Crippen LogP contribution in [0.3, 0.4) is 0 Å². The van der Waals surface area contributed by atoms with Crippen LogP contribution >= 0.6 is 11.6 Å². The minimum atomic E-state index is -0.316. The Kier molecular flexibility index (Phi) is 6.43. The lowest BCUT2D eigenvalue weighted by Gasteiger charge is -2.29. The van der Waals surface area contributed by atoms with Crippen LogP contribution in [0.2, 0.25) is 5.02 Å². The van der Waals surface area contributed by atoms with Gasteiger partial charge in [0.25, 0.3) is 5.91 Å². The van der Waals surface area contributed by atoms with E-state index in [2.05, 4.69) is 10.4 Å². The van der Waals surface area contributed by atoms with Gasteiger partial charge in [-0.1, -0.05) is 11.6 Å². The first-order chi connectivity index (χ1) is 15.4. The SMILES string of the molecule is COc1cc(OC)c(NC(=O)N2CCc3c(c(C(=O)N4CCOCC4)nn3C)C2)cc1Cl. The number of aryl methyl sites for hydroxylation is 1. The van der Waals surface area contributed by atoms with Gasteiger partial charge in [0.05, 0.1) is 44.7 Å². The smallest absolute Gasteiger partial charge is 0.322 e. The molecule has 1 saturated heterocycles. The van der Waals surface area contributed by atoms with Crippen molar-refractivity contribution in [3.8, 4) is 11.5 Å². The Hall–Kier alpha value is -2.98. The maximum Gasteiger partial charge on any atom is 0.322 e. The predicted molar refractivity (Wildman–Crippen MR) is 118 cm³/mol. The number of ether oxygens (including phenoxy) is 3. The number of benzene rings is 1. The van der Waals surface area contributed by atoms with Crippen molar-refractivity contribution >= 4 is 29.2 Å². The minimum absolute atomic E-state index is 0.129. The first-order valence-corrected chi connectivity index (χ1v) is 10.7. The predicted octanol–water partition coefficient (Wildman–Crippen LogP) is 2.15. The van der Waals surface area contributed by atoms with Crippen molar-refractivity contribution in [1.29, 1.82) is 0 Å². The van der Waals surface area contributed by atoms with Gasteiger partial charge in [-0.2, -0.15) is 5.10 Å². The topological polar surface area (TPSA) is 98.2 Å². The number of nitrogens with zero attached hydrogens (tertiary/aromatic N) is 4. The van der Waals surface area contributed by atoms with Crippen LogP contribution in [-0.4, -0.2) is 78.6 Å². The van der Waals surface area contributed by atoms with Crippen molar-refractivity contribution in [1.82, 2.24) is 19.6 Å². The molecule has 3 amide bonds. The van der Waals surface area contributed by atoms with E-state index in [0.29, 0.717) is 67.2 Å². The Morgan fingerprint density at radius 3 is 2.50 bits per heavy atom. The van der Waals surface area contributed by atoms with Gasteiger partial charge in [0.2, 0.25) is 0 Å². The molecule has 0 saturated carbocycles. The molecule has 0 radical (unpaired) electrons. The molecule has 0 unspecified atom stereocenters. The molecule has 1 fully saturated rings. The van der Waals surface area contributed by atoms with Gasteiger partial charge in [-0.15, -0.1) is 0 Å². The van der Waals surface area contributed by atoms with Gasteiger partial charge in [0.15, 0.2) is 5.69 Å². The maximum absolute atomic E-state index is 13.1. The third-order valence-electron chi connectivity index (χ3n) is 5.75. The molecule has 0 spiro atoms. The van der Waals surface area contributed by atoms with Crippen LogP contribution in [-0.2, 0) is 24.8 Å². The molecule has 2 aromatic rings. The third kappa shape index (κ3) is 4.20. The summed E-state index contributed by atoms with van der Waals surface area (Å²) in [5, 5.41) is 7.69. The molecule has 2 aliphatic rings. The molecule has 2 aliphatic heterocycles. The van der Waals surface area contributed by atoms with Gasteiger partial charge in [0, 0.05) is 50.4 Å². The van der Waals surface area contributed by atoms with Crippen molar-refractivity contribution in [2.24, 2.45) is 7.05 Å². The summed E-state index contributed by atoms with van der Waals surface area (Å²) in [4.78, 5) is 29.5. The highest BCUT2D eigenvalue weighted by atomic mass is 35.5. The Labute approximate surface area is 190 Å². The summed E-state index contributed by atoms with van der Waals surface area (Å²) in [5.41, 5.74) is 2.58. The van der Waals surface area contributed by atoms with Crippen LogP contribution in [0, 0.1) is 0 Å². The second kappa shape index (κ2) is 9.25. The standard InChI is InChI=1S/C21H26ClN5O5/c1-25-16-4-5-27(12-13(16)19(24-25)20(28)26-6-8-32-9-7-26)21(29)23-15-10-14(22)17(30-2)11-18(15)31-3/h10-11H,4-9,12H2,1-3H3,(H,23,29). The minimum Gasteiger partial charge on any atom is -0.495 e. The van der Waals surface area contributed by atoms with E-state index in [9.17, 15) is 9.59 Å². The summed E-state index contributed by atoms with van der Waals surface area (Å²) < 4.78 is 17.6. The van der Waals surface area contributed by atoms with Gasteiger partial charge >= 0.3 is 6.03 Å². The van der Waals surface area contributed by atoms with E-state index in [1.807, 2.05) is 7.05 Å². The van der Waals surface area contributed by atoms with E-state index in [1.165, 1.54) is 14.2 Å². The number of carbonyl (C=O) groups excluding carboxylic acids is 2. The van der Waals surface area contributed by atoms with Crippen LogP contribution in [0.25, 0.3) is 0 Å². The van der Waals surface area contributed by atoms with Gasteiger partial charge < -0.3 is 29.3 Å². The lowest BCUT2D eigenvalue weighted by Crippen LogP contribution is -2.42. The molecular weight excluding hydrogens is 438 g/mol. The summed E-state index contributed by atoms with van der Waals surface area (Å²) in [7, 11) is 4.84. The van der Waals surface area contributed by atoms with E-state index in [1.54, 1.807) is 26.6 Å². The number of hydrogen-bond acceptors (Lipinski definition) is 6. The van der Waals surface area contributed by atoms with Crippen molar-refractivity contribution in [2.75, 3.05) is 52.4 Å². The molecule has 3 heterocycles. The molecule has 0 aliphatic carbocycles. The van der Waals surface area contributed by atoms with Crippen molar-refractivity contribution in [3.05, 3.63) is 34.1 Å². The number of aromatic nitrogens is 2. The molecule has 10 nitrogen and oxygen atoms in total. The van der Waals surface area contributed by atoms with E-state index in [0.717, 1.165) is 11.3 Å². The Morgan fingerprint density at radius 2 is 1.81 bits per heavy atom. The number of morpholine rings is 1. The molecule has 11 heteroatoms. The number of methoxy groups -OCH3 is 2. The number of anilines is 1. The number of fused-ring (bicyclic) bond motifs is 1. The van der Waals surface area contributed by atoms with E-state index < -0.39 is 0 Å². The van der Waals surface area contributed by atoms with Crippen LogP contribution in [0.15, 0.2) is 12.1 Å². The quantitative estimate of drug-likeness (QED) is 0.746. The molecule has 1 aromatic heterocycles. The van der Waals surface area contributed by atoms with E-state index >= 15 is 0 Å². The molecular formula is C21H26ClN5O5. The fraction of sp³-hybridized carbons (Fsp3) is 0.476. The molecule has 4 rings (SSSR count). The van der Waals surface area contributed by atoms with Crippen LogP contribution in [0.1, 0.15) is 21.7 Å². The second-order valence-corrected chi connectivity index (χ2v) is 8.00. The number of rotatable bonds is 4. The number of amides is 3. The largest absolute Gasteiger partial charge is 0.495 e. The molecule has 32 heavy (non-hydrogen) atoms. The monoisotopic (exact) mass is 463 g/mol. The summed E-state index contributed by atoms with van der Waals surface area (Å²) in [5.74, 6) is 0.753. The number of urea groups is 1. The normalized spacial score (nSPS) is 15.9. The van der Waals surface area contributed by atoms with E-state index in [4.69, 9.17) is 25.8 Å². The fourth-order valence-corrected chi connectivity index (χ4v) is 4.25. The zero-order valence-electron chi connectivity index (χ0n) is 18.3. The summed E-state index contributed by atoms with van der Waals surface area (Å²) in [6.45, 7) is 2.88. The van der Waals surface area contributed by atoms with Crippen LogP contribution in [0.4, 0.5) is 10.5 Å². The molecule has 1 aromatic carbocycles. The first kappa shape index (κ1) is 22.2. The summed E-state index contributed by atoms with van der Waals surface area (Å²) in [6, 6.07) is 2.89. The highest BCUT2D eigenvalue weighted by Crippen LogP contribution is 2.36. The summed E-state index contributed by atoms with van der Waals surface area (Å²) in [6.07, 6.45) is 0.600. The number of carbonyl (C=O) groups is 2. The Bertz CT molecular complexity index is 1030. The molecule has 172 valence electrons. The number of nitrogens with one attached hydrogen (secondary N) is 1. The maximum atomic E-state index is 13.1. The number of hydrogen-bond donors (Lipinski definition) is 1. The average molecular weight is 464 g/mol. The number of halogens is 1. The second-order valence-electron chi connectivity index (χ2n) is 7.59. The lowest BCUT2D eigenvalue weighted by atomic mass is 10.0. The fourth-order valence-electron chi connectivity index (χ4n) is 4.01. The summed E-state index contributed by atoms with van der Waals surface area (Å²) >= 11 is 6.22. The van der Waals surface area contributed by atoms with Crippen molar-refractivity contribution < 1.29 is 23.8 Å². The van der Waals surface area contributed by atoms with Gasteiger partial charge in [-0.05, 0) is 6.07 Å². The molecule has 0 atom stereocenters. The Morgan fingerprint density at radius 1 is 1.09 bits per heavy atom. The van der Waals surface area contributed by atoms with Crippen LogP contribution in [0.5, 0.6) is 11.5 Å². The van der Waals surface area contributed by atoms with Gasteiger partial charge in [0.1, 0.15) is 11.5 Å². The van der Waals surface area contributed by atoms with Gasteiger partial charge in [-0.25, -0.2) is 4.79 Å². The molecule has 1 N–H and O–H groups in total. The first-order valence-electron chi connectivity index (χ1n) is 10.3. The highest BCUT2D eigenvalue weighted by Gasteiger charge is 2.32. The van der Waals surface area contributed by atoms with Crippen LogP contribution < -0.4 is 14.8 Å². The average Bonchev–Trinajstić information content (AvgIpc) is 3.15. The van der Waals surface area contributed by atoms with Crippen molar-refractivity contribution in [2.45, 2.75) is 13.0 Å². The third-order valence-corrected chi connectivity index (χ3v) is 6.04. The highest BCUT2D eigenvalue weighted by molar-refractivity contribution is 6.32. The zero-order valence-corrected chi connectivity index (χ0v) is 19.1. The Balaban J connectivity index is 1.54. The lowest BCUT2D eigenvalue weighted by molar-refractivity contribution is 0.0297. The zero-order chi connectivity index (χ0) is 22.8. The van der Waals surface area contributed by atoms with E-state index in [-0.39, 0.29) is 18.5 Å². The molecule has 0 bridgehead atoms. The van der Waals surface area contributed by atoms with Gasteiger partial charge in [-0.3, -0.25) is 9.48 Å². The van der Waals surface area contributed by atoms with Crippen molar-refractivity contribution in [3.63, 3.8) is 0 Å².